The van der Waals surface area contributed by atoms with Crippen LogP contribution >= 0.6 is 0 Å². The summed E-state index contributed by atoms with van der Waals surface area (Å²) in [6.45, 7) is 3.19. The minimum atomic E-state index is 0.367. The van der Waals surface area contributed by atoms with Gasteiger partial charge in [0, 0.05) is 19.6 Å². The molecule has 1 aromatic rings. The number of nitrogens with zero attached hydrogens (tertiary/aromatic N) is 4. The van der Waals surface area contributed by atoms with E-state index in [9.17, 15) is 0 Å². The quantitative estimate of drug-likeness (QED) is 0.795. The molecule has 1 aliphatic rings. The Morgan fingerprint density at radius 2 is 2.11 bits per heavy atom. The normalized spacial score (nSPS) is 14.4. The first kappa shape index (κ1) is 12.9. The fourth-order valence-electron chi connectivity index (χ4n) is 1.84. The van der Waals surface area contributed by atoms with E-state index < -0.39 is 0 Å². The number of hydrogen-bond donors (Lipinski definition) is 1. The van der Waals surface area contributed by atoms with Crippen molar-refractivity contribution in [1.29, 1.82) is 0 Å². The number of anilines is 2. The Morgan fingerprint density at radius 3 is 2.67 bits per heavy atom. The lowest BCUT2D eigenvalue weighted by Crippen LogP contribution is -2.29. The molecule has 0 unspecified atom stereocenters. The third kappa shape index (κ3) is 3.00. The maximum Gasteiger partial charge on any atom is 0.322 e. The Balaban J connectivity index is 2.22. The summed E-state index contributed by atoms with van der Waals surface area (Å²) in [6, 6.07) is 0.958. The molecule has 1 aliphatic carbocycles. The summed E-state index contributed by atoms with van der Waals surface area (Å²) in [6.07, 6.45) is 4.78. The van der Waals surface area contributed by atoms with Gasteiger partial charge < -0.3 is 15.0 Å². The fraction of sp³-hybridized carbons (Fsp3) is 0.750. The zero-order valence-corrected chi connectivity index (χ0v) is 11.3. The predicted octanol–water partition coefficient (Wildman–Crippen LogP) is 1.69. The van der Waals surface area contributed by atoms with E-state index in [1.807, 2.05) is 0 Å². The smallest absolute Gasteiger partial charge is 0.322 e. The zero-order chi connectivity index (χ0) is 13.0. The van der Waals surface area contributed by atoms with E-state index in [4.69, 9.17) is 4.74 Å². The average molecular weight is 251 g/mol. The molecule has 0 radical (unpaired) electrons. The lowest BCUT2D eigenvalue weighted by atomic mass is 10.3. The molecular formula is C12H21N5O. The van der Waals surface area contributed by atoms with Gasteiger partial charge in [0.15, 0.2) is 0 Å². The minimum Gasteiger partial charge on any atom is -0.467 e. The highest BCUT2D eigenvalue weighted by molar-refractivity contribution is 5.40. The molecular weight excluding hydrogens is 230 g/mol. The molecule has 6 nitrogen and oxygen atoms in total. The molecule has 2 rings (SSSR count). The number of unbranched alkanes of at least 4 members (excludes halogenated alkanes) is 1. The van der Waals surface area contributed by atoms with Crippen molar-refractivity contribution in [2.45, 2.75) is 38.6 Å². The molecule has 6 heteroatoms. The average Bonchev–Trinajstić information content (AvgIpc) is 3.23. The molecule has 0 saturated heterocycles. The summed E-state index contributed by atoms with van der Waals surface area (Å²) in [5, 5.41) is 2.94. The summed E-state index contributed by atoms with van der Waals surface area (Å²) in [5.74, 6) is 1.28. The van der Waals surface area contributed by atoms with Gasteiger partial charge in [-0.25, -0.2) is 0 Å². The van der Waals surface area contributed by atoms with Crippen LogP contribution in [0.2, 0.25) is 0 Å². The molecule has 0 amide bonds. The highest BCUT2D eigenvalue weighted by atomic mass is 16.5. The van der Waals surface area contributed by atoms with Gasteiger partial charge in [0.2, 0.25) is 11.9 Å². The SMILES string of the molecule is CCCCN(c1nc(NC)nc(OC)n1)C1CC1. The van der Waals surface area contributed by atoms with Crippen LogP contribution in [-0.4, -0.2) is 41.7 Å². The van der Waals surface area contributed by atoms with Crippen molar-refractivity contribution in [2.24, 2.45) is 0 Å². The number of aromatic nitrogens is 3. The molecule has 0 bridgehead atoms. The first-order valence-corrected chi connectivity index (χ1v) is 6.53. The van der Waals surface area contributed by atoms with Crippen molar-refractivity contribution in [2.75, 3.05) is 30.9 Å². The Kier molecular flexibility index (Phi) is 4.17. The van der Waals surface area contributed by atoms with Crippen molar-refractivity contribution >= 4 is 11.9 Å². The van der Waals surface area contributed by atoms with E-state index in [2.05, 4.69) is 32.1 Å². The van der Waals surface area contributed by atoms with Crippen molar-refractivity contribution in [3.63, 3.8) is 0 Å². The zero-order valence-electron chi connectivity index (χ0n) is 11.3. The number of rotatable bonds is 7. The number of methoxy groups -OCH3 is 1. The van der Waals surface area contributed by atoms with Crippen molar-refractivity contribution in [3.8, 4) is 6.01 Å². The largest absolute Gasteiger partial charge is 0.467 e. The molecule has 0 aromatic carbocycles. The summed E-state index contributed by atoms with van der Waals surface area (Å²) >= 11 is 0. The van der Waals surface area contributed by atoms with Gasteiger partial charge in [-0.15, -0.1) is 0 Å². The van der Waals surface area contributed by atoms with Crippen LogP contribution < -0.4 is 15.0 Å². The molecule has 1 N–H and O–H groups in total. The molecule has 1 aromatic heterocycles. The van der Waals surface area contributed by atoms with Crippen molar-refractivity contribution in [3.05, 3.63) is 0 Å². The first-order valence-electron chi connectivity index (χ1n) is 6.53. The first-order chi connectivity index (χ1) is 8.78. The van der Waals surface area contributed by atoms with E-state index >= 15 is 0 Å². The summed E-state index contributed by atoms with van der Waals surface area (Å²) in [7, 11) is 3.37. The minimum absolute atomic E-state index is 0.367. The lowest BCUT2D eigenvalue weighted by Gasteiger charge is -2.22. The van der Waals surface area contributed by atoms with Gasteiger partial charge in [0.05, 0.1) is 7.11 Å². The second-order valence-corrected chi connectivity index (χ2v) is 4.47. The van der Waals surface area contributed by atoms with Crippen LogP contribution in [0.4, 0.5) is 11.9 Å². The second-order valence-electron chi connectivity index (χ2n) is 4.47. The molecule has 0 spiro atoms. The van der Waals surface area contributed by atoms with Gasteiger partial charge >= 0.3 is 6.01 Å². The standard InChI is InChI=1S/C12H21N5O/c1-4-5-8-17(9-6-7-9)11-14-10(13-2)15-12(16-11)18-3/h9H,4-8H2,1-3H3,(H,13,14,15,16). The van der Waals surface area contributed by atoms with Gasteiger partial charge in [0.1, 0.15) is 0 Å². The van der Waals surface area contributed by atoms with E-state index in [1.54, 1.807) is 14.2 Å². The van der Waals surface area contributed by atoms with Crippen LogP contribution in [-0.2, 0) is 0 Å². The van der Waals surface area contributed by atoms with E-state index in [0.29, 0.717) is 18.0 Å². The molecule has 18 heavy (non-hydrogen) atoms. The summed E-state index contributed by atoms with van der Waals surface area (Å²) in [4.78, 5) is 15.2. The summed E-state index contributed by atoms with van der Waals surface area (Å²) < 4.78 is 5.12. The van der Waals surface area contributed by atoms with Gasteiger partial charge in [-0.1, -0.05) is 13.3 Å². The molecule has 0 aliphatic heterocycles. The second kappa shape index (κ2) is 5.84. The van der Waals surface area contributed by atoms with Crippen LogP contribution in [0, 0.1) is 0 Å². The van der Waals surface area contributed by atoms with E-state index in [1.165, 1.54) is 19.3 Å². The van der Waals surface area contributed by atoms with Crippen molar-refractivity contribution < 1.29 is 4.74 Å². The molecule has 100 valence electrons. The molecule has 1 heterocycles. The van der Waals surface area contributed by atoms with Crippen LogP contribution in [0.15, 0.2) is 0 Å². The topological polar surface area (TPSA) is 63.2 Å². The highest BCUT2D eigenvalue weighted by Gasteiger charge is 2.31. The van der Waals surface area contributed by atoms with Gasteiger partial charge in [-0.05, 0) is 19.3 Å². The third-order valence-electron chi connectivity index (χ3n) is 3.01. The van der Waals surface area contributed by atoms with Gasteiger partial charge in [-0.2, -0.15) is 15.0 Å². The Bertz CT molecular complexity index is 372. The number of ether oxygens (including phenoxy) is 1. The van der Waals surface area contributed by atoms with Crippen LogP contribution in [0.3, 0.4) is 0 Å². The molecule has 1 fully saturated rings. The molecule has 1 saturated carbocycles. The van der Waals surface area contributed by atoms with E-state index in [0.717, 1.165) is 18.9 Å². The van der Waals surface area contributed by atoms with Gasteiger partial charge in [0.25, 0.3) is 0 Å². The lowest BCUT2D eigenvalue weighted by molar-refractivity contribution is 0.378. The summed E-state index contributed by atoms with van der Waals surface area (Å²) in [5.41, 5.74) is 0. The number of hydrogen-bond acceptors (Lipinski definition) is 6. The fourth-order valence-corrected chi connectivity index (χ4v) is 1.84. The highest BCUT2D eigenvalue weighted by Crippen LogP contribution is 2.30. The predicted molar refractivity (Wildman–Crippen MR) is 71.2 cm³/mol. The third-order valence-corrected chi connectivity index (χ3v) is 3.01. The Morgan fingerprint density at radius 1 is 1.33 bits per heavy atom. The van der Waals surface area contributed by atoms with Crippen LogP contribution in [0.1, 0.15) is 32.6 Å². The monoisotopic (exact) mass is 251 g/mol. The van der Waals surface area contributed by atoms with Crippen LogP contribution in [0.5, 0.6) is 6.01 Å². The molecule has 0 atom stereocenters. The van der Waals surface area contributed by atoms with Gasteiger partial charge in [-0.3, -0.25) is 0 Å². The van der Waals surface area contributed by atoms with E-state index in [-0.39, 0.29) is 0 Å². The van der Waals surface area contributed by atoms with Crippen LogP contribution in [0.25, 0.3) is 0 Å². The maximum absolute atomic E-state index is 5.12. The van der Waals surface area contributed by atoms with Crippen molar-refractivity contribution in [1.82, 2.24) is 15.0 Å². The number of nitrogens with one attached hydrogen (secondary N) is 1. The Labute approximate surface area is 108 Å². The maximum atomic E-state index is 5.12. The Hall–Kier alpha value is -1.59.